The van der Waals surface area contributed by atoms with Gasteiger partial charge in [0.05, 0.1) is 6.04 Å². The summed E-state index contributed by atoms with van der Waals surface area (Å²) in [5.41, 5.74) is 4.34. The van der Waals surface area contributed by atoms with Gasteiger partial charge in [-0.25, -0.2) is 0 Å². The molecule has 0 aliphatic carbocycles. The maximum absolute atomic E-state index is 13.3. The standard InChI is InChI=1S/C24H18ClN3O2/c25-17-12-10-16(11-13-17)23-20-21(18-8-4-5-9-19(18)29)26-27-22(20)24(30)28(23)14-15-6-2-1-3-7-15/h1-13,23,29H,14H2,(H,26,27). The minimum absolute atomic E-state index is 0.121. The molecular formula is C24H18ClN3O2. The van der Waals surface area contributed by atoms with Crippen molar-refractivity contribution in [3.8, 4) is 17.0 Å². The highest BCUT2D eigenvalue weighted by Gasteiger charge is 2.42. The van der Waals surface area contributed by atoms with Gasteiger partial charge in [-0.1, -0.05) is 66.2 Å². The summed E-state index contributed by atoms with van der Waals surface area (Å²) < 4.78 is 0. The molecule has 0 saturated heterocycles. The number of phenolic OH excluding ortho intramolecular Hbond substituents is 1. The van der Waals surface area contributed by atoms with Gasteiger partial charge in [-0.15, -0.1) is 0 Å². The molecule has 1 atom stereocenters. The van der Waals surface area contributed by atoms with E-state index in [9.17, 15) is 9.90 Å². The molecule has 5 rings (SSSR count). The Bertz CT molecular complexity index is 1220. The summed E-state index contributed by atoms with van der Waals surface area (Å²) in [6.07, 6.45) is 0. The largest absolute Gasteiger partial charge is 0.507 e. The second-order valence-corrected chi connectivity index (χ2v) is 7.69. The van der Waals surface area contributed by atoms with Crippen LogP contribution in [0.4, 0.5) is 0 Å². The van der Waals surface area contributed by atoms with E-state index in [-0.39, 0.29) is 17.7 Å². The molecule has 1 aromatic heterocycles. The molecule has 148 valence electrons. The molecular weight excluding hydrogens is 398 g/mol. The second kappa shape index (κ2) is 7.35. The molecule has 3 aromatic carbocycles. The zero-order valence-electron chi connectivity index (χ0n) is 15.9. The van der Waals surface area contributed by atoms with Crippen LogP contribution in [0, 0.1) is 0 Å². The molecule has 1 aliphatic heterocycles. The fourth-order valence-electron chi connectivity index (χ4n) is 4.01. The first-order chi connectivity index (χ1) is 14.6. The first-order valence-electron chi connectivity index (χ1n) is 9.60. The zero-order valence-corrected chi connectivity index (χ0v) is 16.7. The van der Waals surface area contributed by atoms with Crippen LogP contribution in [0.5, 0.6) is 5.75 Å². The van der Waals surface area contributed by atoms with Crippen molar-refractivity contribution in [2.75, 3.05) is 0 Å². The van der Waals surface area contributed by atoms with Gasteiger partial charge in [0.25, 0.3) is 5.91 Å². The van der Waals surface area contributed by atoms with Crippen LogP contribution < -0.4 is 0 Å². The molecule has 0 radical (unpaired) electrons. The second-order valence-electron chi connectivity index (χ2n) is 7.25. The third kappa shape index (κ3) is 3.04. The number of aromatic nitrogens is 2. The van der Waals surface area contributed by atoms with Gasteiger partial charge >= 0.3 is 0 Å². The fourth-order valence-corrected chi connectivity index (χ4v) is 4.14. The van der Waals surface area contributed by atoms with Crippen LogP contribution in [0.25, 0.3) is 11.3 Å². The number of aromatic hydroxyl groups is 1. The number of nitrogens with one attached hydrogen (secondary N) is 1. The number of para-hydroxylation sites is 1. The number of aromatic amines is 1. The van der Waals surface area contributed by atoms with E-state index in [4.69, 9.17) is 11.6 Å². The van der Waals surface area contributed by atoms with Crippen molar-refractivity contribution in [1.29, 1.82) is 0 Å². The average Bonchev–Trinajstić information content (AvgIpc) is 3.30. The van der Waals surface area contributed by atoms with E-state index in [1.165, 1.54) is 0 Å². The molecule has 2 heterocycles. The first kappa shape index (κ1) is 18.5. The van der Waals surface area contributed by atoms with Crippen molar-refractivity contribution in [2.45, 2.75) is 12.6 Å². The summed E-state index contributed by atoms with van der Waals surface area (Å²) in [5, 5.41) is 18.3. The predicted molar refractivity (Wildman–Crippen MR) is 115 cm³/mol. The third-order valence-electron chi connectivity index (χ3n) is 5.40. The number of amides is 1. The highest BCUT2D eigenvalue weighted by molar-refractivity contribution is 6.30. The molecule has 4 aromatic rings. The molecule has 1 unspecified atom stereocenters. The minimum atomic E-state index is -0.349. The normalized spacial score (nSPS) is 15.4. The number of carbonyl (C=O) groups excluding carboxylic acids is 1. The van der Waals surface area contributed by atoms with Gasteiger partial charge in [0.2, 0.25) is 0 Å². The lowest BCUT2D eigenvalue weighted by atomic mass is 9.95. The van der Waals surface area contributed by atoms with E-state index >= 15 is 0 Å². The van der Waals surface area contributed by atoms with E-state index < -0.39 is 0 Å². The summed E-state index contributed by atoms with van der Waals surface area (Å²) in [6.45, 7) is 0.454. The maximum atomic E-state index is 13.3. The van der Waals surface area contributed by atoms with Crippen LogP contribution in [-0.4, -0.2) is 26.1 Å². The van der Waals surface area contributed by atoms with Crippen LogP contribution in [0.2, 0.25) is 5.02 Å². The summed E-state index contributed by atoms with van der Waals surface area (Å²) in [5.74, 6) is -0.00131. The van der Waals surface area contributed by atoms with Gasteiger partial charge in [-0.05, 0) is 35.4 Å². The molecule has 0 fully saturated rings. The molecule has 0 bridgehead atoms. The van der Waals surface area contributed by atoms with Crippen molar-refractivity contribution >= 4 is 17.5 Å². The Morgan fingerprint density at radius 2 is 1.67 bits per heavy atom. The SMILES string of the molecule is O=C1c2[nH]nc(-c3ccccc3O)c2C(c2ccc(Cl)cc2)N1Cc1ccccc1. The molecule has 6 heteroatoms. The van der Waals surface area contributed by atoms with Gasteiger partial charge in [0.1, 0.15) is 17.1 Å². The Hall–Kier alpha value is -3.57. The smallest absolute Gasteiger partial charge is 0.273 e. The Morgan fingerprint density at radius 1 is 0.967 bits per heavy atom. The lowest BCUT2D eigenvalue weighted by molar-refractivity contribution is 0.0730. The first-order valence-corrected chi connectivity index (χ1v) is 9.98. The number of phenols is 1. The van der Waals surface area contributed by atoms with Crippen LogP contribution in [0.15, 0.2) is 78.9 Å². The molecule has 30 heavy (non-hydrogen) atoms. The van der Waals surface area contributed by atoms with Crippen LogP contribution in [-0.2, 0) is 6.54 Å². The van der Waals surface area contributed by atoms with Gasteiger partial charge in [0, 0.05) is 22.7 Å². The van der Waals surface area contributed by atoms with E-state index in [2.05, 4.69) is 10.2 Å². The molecule has 1 amide bonds. The number of carbonyl (C=O) groups is 1. The highest BCUT2D eigenvalue weighted by atomic mass is 35.5. The number of hydrogen-bond donors (Lipinski definition) is 2. The van der Waals surface area contributed by atoms with Crippen molar-refractivity contribution in [3.63, 3.8) is 0 Å². The lowest BCUT2D eigenvalue weighted by Crippen LogP contribution is -2.29. The summed E-state index contributed by atoms with van der Waals surface area (Å²) in [7, 11) is 0. The fraction of sp³-hybridized carbons (Fsp3) is 0.0833. The average molecular weight is 416 g/mol. The number of halogens is 1. The lowest BCUT2D eigenvalue weighted by Gasteiger charge is -2.26. The number of fused-ring (bicyclic) bond motifs is 1. The van der Waals surface area contributed by atoms with Crippen molar-refractivity contribution < 1.29 is 9.90 Å². The predicted octanol–water partition coefficient (Wildman–Crippen LogP) is 5.18. The summed E-state index contributed by atoms with van der Waals surface area (Å²) in [4.78, 5) is 15.2. The van der Waals surface area contributed by atoms with Gasteiger partial charge in [-0.3, -0.25) is 9.89 Å². The summed E-state index contributed by atoms with van der Waals surface area (Å²) >= 11 is 6.11. The van der Waals surface area contributed by atoms with E-state index in [1.54, 1.807) is 18.2 Å². The molecule has 1 aliphatic rings. The number of hydrogen-bond acceptors (Lipinski definition) is 3. The number of nitrogens with zero attached hydrogens (tertiary/aromatic N) is 2. The van der Waals surface area contributed by atoms with Crippen molar-refractivity contribution in [2.24, 2.45) is 0 Å². The van der Waals surface area contributed by atoms with E-state index in [0.717, 1.165) is 16.7 Å². The van der Waals surface area contributed by atoms with Crippen LogP contribution >= 0.6 is 11.6 Å². The number of rotatable bonds is 4. The highest BCUT2D eigenvalue weighted by Crippen LogP contribution is 2.45. The molecule has 2 N–H and O–H groups in total. The van der Waals surface area contributed by atoms with E-state index in [1.807, 2.05) is 65.6 Å². The molecule has 0 saturated carbocycles. The van der Waals surface area contributed by atoms with E-state index in [0.29, 0.717) is 28.5 Å². The maximum Gasteiger partial charge on any atom is 0.273 e. The van der Waals surface area contributed by atoms with Crippen molar-refractivity contribution in [3.05, 3.63) is 106 Å². The summed E-state index contributed by atoms with van der Waals surface area (Å²) in [6, 6.07) is 24.0. The quantitative estimate of drug-likeness (QED) is 0.482. The Kier molecular flexibility index (Phi) is 4.52. The number of H-pyrrole nitrogens is 1. The Labute approximate surface area is 178 Å². The Balaban J connectivity index is 1.67. The minimum Gasteiger partial charge on any atom is -0.507 e. The topological polar surface area (TPSA) is 69.2 Å². The monoisotopic (exact) mass is 415 g/mol. The molecule has 5 nitrogen and oxygen atoms in total. The third-order valence-corrected chi connectivity index (χ3v) is 5.66. The van der Waals surface area contributed by atoms with Gasteiger partial charge in [0.15, 0.2) is 0 Å². The van der Waals surface area contributed by atoms with Crippen molar-refractivity contribution in [1.82, 2.24) is 15.1 Å². The Morgan fingerprint density at radius 3 is 2.40 bits per heavy atom. The zero-order chi connectivity index (χ0) is 20.7. The van der Waals surface area contributed by atoms with Crippen LogP contribution in [0.3, 0.4) is 0 Å². The van der Waals surface area contributed by atoms with Gasteiger partial charge < -0.3 is 10.0 Å². The van der Waals surface area contributed by atoms with Crippen LogP contribution in [0.1, 0.15) is 33.2 Å². The number of benzene rings is 3. The molecule has 0 spiro atoms. The van der Waals surface area contributed by atoms with Gasteiger partial charge in [-0.2, -0.15) is 5.10 Å².